The first-order chi connectivity index (χ1) is 8.29. The third-order valence-electron chi connectivity index (χ3n) is 2.68. The van der Waals surface area contributed by atoms with Crippen molar-refractivity contribution in [2.24, 2.45) is 0 Å². The molecule has 0 aliphatic rings. The quantitative estimate of drug-likeness (QED) is 0.590. The largest absolute Gasteiger partial charge is 0.352 e. The van der Waals surface area contributed by atoms with Gasteiger partial charge in [-0.3, -0.25) is 4.79 Å². The Balaban J connectivity index is 2.44. The minimum atomic E-state index is 0.0168. The Morgan fingerprint density at radius 1 is 1.35 bits per heavy atom. The number of hydrogen-bond acceptors (Lipinski definition) is 1. The summed E-state index contributed by atoms with van der Waals surface area (Å²) in [6.45, 7) is 2.75. The van der Waals surface area contributed by atoms with Crippen molar-refractivity contribution < 1.29 is 4.79 Å². The van der Waals surface area contributed by atoms with Crippen LogP contribution in [0, 0.1) is 12.3 Å². The summed E-state index contributed by atoms with van der Waals surface area (Å²) in [4.78, 5) is 11.9. The molecule has 1 aromatic rings. The maximum Gasteiger partial charge on any atom is 0.251 e. The minimum absolute atomic E-state index is 0.0168. The predicted octanol–water partition coefficient (Wildman–Crippen LogP) is 2.78. The number of rotatable bonds is 6. The maximum absolute atomic E-state index is 11.9. The van der Waals surface area contributed by atoms with Gasteiger partial charge in [-0.25, -0.2) is 0 Å². The summed E-state index contributed by atoms with van der Waals surface area (Å²) < 4.78 is 0. The number of benzene rings is 1. The second kappa shape index (κ2) is 7.51. The molecule has 0 bridgehead atoms. The highest BCUT2D eigenvalue weighted by atomic mass is 16.1. The summed E-state index contributed by atoms with van der Waals surface area (Å²) in [7, 11) is 0. The zero-order valence-electron chi connectivity index (χ0n) is 10.3. The summed E-state index contributed by atoms with van der Waals surface area (Å²) in [5.74, 6) is 2.61. The van der Waals surface area contributed by atoms with E-state index in [0.29, 0.717) is 6.54 Å². The van der Waals surface area contributed by atoms with Gasteiger partial charge in [-0.05, 0) is 30.9 Å². The van der Waals surface area contributed by atoms with Crippen LogP contribution in [0.2, 0.25) is 0 Å². The van der Waals surface area contributed by atoms with Gasteiger partial charge in [0, 0.05) is 18.5 Å². The van der Waals surface area contributed by atoms with Gasteiger partial charge in [0.2, 0.25) is 0 Å². The third-order valence-corrected chi connectivity index (χ3v) is 2.68. The lowest BCUT2D eigenvalue weighted by Gasteiger charge is -2.08. The van der Waals surface area contributed by atoms with E-state index in [4.69, 9.17) is 6.42 Å². The Hall–Kier alpha value is -1.75. The van der Waals surface area contributed by atoms with Crippen LogP contribution in [0.5, 0.6) is 0 Å². The summed E-state index contributed by atoms with van der Waals surface area (Å²) in [6, 6.07) is 7.72. The number of unbranched alkanes of at least 4 members (excludes halogenated alkanes) is 2. The molecule has 0 aromatic heterocycles. The first-order valence-corrected chi connectivity index (χ1v) is 6.09. The highest BCUT2D eigenvalue weighted by Crippen LogP contribution is 2.09. The van der Waals surface area contributed by atoms with Crippen molar-refractivity contribution in [1.82, 2.24) is 5.32 Å². The molecule has 1 N–H and O–H groups in total. The topological polar surface area (TPSA) is 29.1 Å². The molecule has 0 spiro atoms. The van der Waals surface area contributed by atoms with Crippen LogP contribution in [0.4, 0.5) is 0 Å². The average Bonchev–Trinajstić information content (AvgIpc) is 2.38. The summed E-state index contributed by atoms with van der Waals surface area (Å²) >= 11 is 0. The number of nitrogens with one attached hydrogen (secondary N) is 1. The van der Waals surface area contributed by atoms with Gasteiger partial charge in [-0.2, -0.15) is 0 Å². The van der Waals surface area contributed by atoms with Crippen molar-refractivity contribution in [3.63, 3.8) is 0 Å². The van der Waals surface area contributed by atoms with Crippen molar-refractivity contribution in [2.45, 2.75) is 32.6 Å². The molecule has 2 heteroatoms. The lowest BCUT2D eigenvalue weighted by Crippen LogP contribution is -2.25. The first kappa shape index (κ1) is 13.3. The molecule has 0 atom stereocenters. The van der Waals surface area contributed by atoms with Crippen LogP contribution in [0.3, 0.4) is 0 Å². The van der Waals surface area contributed by atoms with E-state index in [0.717, 1.165) is 36.8 Å². The van der Waals surface area contributed by atoms with Crippen molar-refractivity contribution in [3.8, 4) is 12.3 Å². The molecule has 2 nitrogen and oxygen atoms in total. The molecule has 0 radical (unpaired) electrons. The molecule has 1 aromatic carbocycles. The Morgan fingerprint density at radius 3 is 2.82 bits per heavy atom. The molecule has 0 aliphatic heterocycles. The minimum Gasteiger partial charge on any atom is -0.352 e. The zero-order valence-corrected chi connectivity index (χ0v) is 10.3. The van der Waals surface area contributed by atoms with Gasteiger partial charge < -0.3 is 5.32 Å². The summed E-state index contributed by atoms with van der Waals surface area (Å²) in [5, 5.41) is 2.93. The molecule has 0 aliphatic carbocycles. The van der Waals surface area contributed by atoms with Gasteiger partial charge in [0.15, 0.2) is 0 Å². The van der Waals surface area contributed by atoms with E-state index in [1.165, 1.54) is 0 Å². The second-order valence-corrected chi connectivity index (χ2v) is 3.93. The fourth-order valence-electron chi connectivity index (χ4n) is 1.70. The molecule has 0 saturated carbocycles. The number of aryl methyl sites for hydroxylation is 1. The van der Waals surface area contributed by atoms with Gasteiger partial charge in [0.05, 0.1) is 0 Å². The fourth-order valence-corrected chi connectivity index (χ4v) is 1.70. The molecule has 0 saturated heterocycles. The van der Waals surface area contributed by atoms with Gasteiger partial charge in [-0.15, -0.1) is 12.3 Å². The van der Waals surface area contributed by atoms with Gasteiger partial charge in [-0.1, -0.05) is 25.1 Å². The summed E-state index contributed by atoms with van der Waals surface area (Å²) in [5.41, 5.74) is 1.88. The molecule has 0 fully saturated rings. The predicted molar refractivity (Wildman–Crippen MR) is 70.8 cm³/mol. The number of terminal acetylenes is 1. The van der Waals surface area contributed by atoms with Crippen LogP contribution in [-0.4, -0.2) is 12.5 Å². The van der Waals surface area contributed by atoms with E-state index in [1.54, 1.807) is 0 Å². The van der Waals surface area contributed by atoms with Crippen molar-refractivity contribution in [1.29, 1.82) is 0 Å². The van der Waals surface area contributed by atoms with E-state index in [9.17, 15) is 4.79 Å². The van der Waals surface area contributed by atoms with E-state index in [1.807, 2.05) is 24.3 Å². The maximum atomic E-state index is 11.9. The smallest absolute Gasteiger partial charge is 0.251 e. The number of carbonyl (C=O) groups is 1. The second-order valence-electron chi connectivity index (χ2n) is 3.93. The van der Waals surface area contributed by atoms with Crippen LogP contribution in [-0.2, 0) is 6.42 Å². The van der Waals surface area contributed by atoms with Crippen molar-refractivity contribution in [2.75, 3.05) is 6.54 Å². The lowest BCUT2D eigenvalue weighted by molar-refractivity contribution is 0.0952. The Morgan fingerprint density at radius 2 is 2.12 bits per heavy atom. The highest BCUT2D eigenvalue weighted by molar-refractivity contribution is 5.95. The van der Waals surface area contributed by atoms with E-state index in [2.05, 4.69) is 18.2 Å². The van der Waals surface area contributed by atoms with E-state index in [-0.39, 0.29) is 5.91 Å². The molecule has 1 rings (SSSR count). The number of hydrogen-bond donors (Lipinski definition) is 1. The average molecular weight is 229 g/mol. The van der Waals surface area contributed by atoms with Crippen molar-refractivity contribution in [3.05, 3.63) is 35.4 Å². The normalized spacial score (nSPS) is 9.65. The third kappa shape index (κ3) is 4.32. The molecular weight excluding hydrogens is 210 g/mol. The lowest BCUT2D eigenvalue weighted by atomic mass is 10.0. The summed E-state index contributed by atoms with van der Waals surface area (Å²) in [6.07, 6.45) is 8.72. The van der Waals surface area contributed by atoms with Crippen LogP contribution in [0.25, 0.3) is 0 Å². The number of carbonyl (C=O) groups excluding carboxylic acids is 1. The Labute approximate surface area is 103 Å². The number of amides is 1. The Bertz CT molecular complexity index is 404. The van der Waals surface area contributed by atoms with Crippen LogP contribution < -0.4 is 5.32 Å². The van der Waals surface area contributed by atoms with Crippen LogP contribution >= 0.6 is 0 Å². The molecular formula is C15H19NO. The first-order valence-electron chi connectivity index (χ1n) is 6.09. The molecule has 0 unspecified atom stereocenters. The SMILES string of the molecule is C#CCCCCNC(=O)c1ccccc1CC. The molecule has 0 heterocycles. The molecule has 1 amide bonds. The van der Waals surface area contributed by atoms with E-state index < -0.39 is 0 Å². The van der Waals surface area contributed by atoms with E-state index >= 15 is 0 Å². The molecule has 90 valence electrons. The van der Waals surface area contributed by atoms with Gasteiger partial charge in [0.25, 0.3) is 5.91 Å². The van der Waals surface area contributed by atoms with Crippen LogP contribution in [0.15, 0.2) is 24.3 Å². The van der Waals surface area contributed by atoms with Gasteiger partial charge >= 0.3 is 0 Å². The monoisotopic (exact) mass is 229 g/mol. The van der Waals surface area contributed by atoms with Gasteiger partial charge in [0.1, 0.15) is 0 Å². The van der Waals surface area contributed by atoms with Crippen LogP contribution in [0.1, 0.15) is 42.1 Å². The standard InChI is InChI=1S/C15H19NO/c1-3-5-6-9-12-16-15(17)14-11-8-7-10-13(14)4-2/h1,7-8,10-11H,4-6,9,12H2,2H3,(H,16,17). The Kier molecular flexibility index (Phi) is 5.88. The zero-order chi connectivity index (χ0) is 12.5. The highest BCUT2D eigenvalue weighted by Gasteiger charge is 2.08. The fraction of sp³-hybridized carbons (Fsp3) is 0.400. The molecule has 17 heavy (non-hydrogen) atoms. The van der Waals surface area contributed by atoms with Crippen molar-refractivity contribution >= 4 is 5.91 Å².